The Bertz CT molecular complexity index is 563. The van der Waals surface area contributed by atoms with Gasteiger partial charge >= 0.3 is 0 Å². The van der Waals surface area contributed by atoms with Crippen molar-refractivity contribution < 1.29 is 9.84 Å². The molecule has 0 radical (unpaired) electrons. The first-order valence-electron chi connectivity index (χ1n) is 6.18. The number of aliphatic hydroxyl groups is 1. The molecule has 0 spiro atoms. The summed E-state index contributed by atoms with van der Waals surface area (Å²) in [5.41, 5.74) is 1.91. The maximum atomic E-state index is 9.92. The average Bonchev–Trinajstić information content (AvgIpc) is 2.84. The SMILES string of the molecule is COc1cccc(-c2cn3c(n2)CCCC3O)c1. The summed E-state index contributed by atoms with van der Waals surface area (Å²) in [6, 6.07) is 7.82. The van der Waals surface area contributed by atoms with E-state index in [0.29, 0.717) is 0 Å². The zero-order valence-corrected chi connectivity index (χ0v) is 10.3. The van der Waals surface area contributed by atoms with E-state index in [1.807, 2.05) is 35.0 Å². The summed E-state index contributed by atoms with van der Waals surface area (Å²) in [6.45, 7) is 0. The van der Waals surface area contributed by atoms with E-state index in [0.717, 1.165) is 42.1 Å². The highest BCUT2D eigenvalue weighted by molar-refractivity contribution is 5.60. The Morgan fingerprint density at radius 1 is 1.44 bits per heavy atom. The largest absolute Gasteiger partial charge is 0.497 e. The van der Waals surface area contributed by atoms with Gasteiger partial charge in [0.1, 0.15) is 17.8 Å². The van der Waals surface area contributed by atoms with Gasteiger partial charge in [0, 0.05) is 18.2 Å². The summed E-state index contributed by atoms with van der Waals surface area (Å²) in [6.07, 6.45) is 4.23. The Hall–Kier alpha value is -1.81. The molecule has 0 saturated carbocycles. The highest BCUT2D eigenvalue weighted by Gasteiger charge is 2.19. The van der Waals surface area contributed by atoms with Gasteiger partial charge in [-0.25, -0.2) is 4.98 Å². The van der Waals surface area contributed by atoms with Crippen LogP contribution < -0.4 is 4.74 Å². The van der Waals surface area contributed by atoms with Crippen LogP contribution in [0.15, 0.2) is 30.5 Å². The van der Waals surface area contributed by atoms with Crippen molar-refractivity contribution in [1.29, 1.82) is 0 Å². The Morgan fingerprint density at radius 2 is 2.33 bits per heavy atom. The third-order valence-electron chi connectivity index (χ3n) is 3.36. The second-order valence-corrected chi connectivity index (χ2v) is 4.55. The Balaban J connectivity index is 2.01. The first-order valence-corrected chi connectivity index (χ1v) is 6.18. The van der Waals surface area contributed by atoms with E-state index in [1.165, 1.54) is 0 Å². The van der Waals surface area contributed by atoms with Gasteiger partial charge in [-0.3, -0.25) is 0 Å². The molecule has 1 unspecified atom stereocenters. The molecule has 1 N–H and O–H groups in total. The first kappa shape index (κ1) is 11.3. The molecule has 0 bridgehead atoms. The van der Waals surface area contributed by atoms with Crippen molar-refractivity contribution in [3.63, 3.8) is 0 Å². The van der Waals surface area contributed by atoms with Gasteiger partial charge in [-0.05, 0) is 25.0 Å². The molecule has 2 aromatic rings. The Morgan fingerprint density at radius 3 is 3.11 bits per heavy atom. The normalized spacial score (nSPS) is 18.4. The van der Waals surface area contributed by atoms with Crippen molar-refractivity contribution >= 4 is 0 Å². The minimum Gasteiger partial charge on any atom is -0.497 e. The number of methoxy groups -OCH3 is 1. The van der Waals surface area contributed by atoms with Gasteiger partial charge < -0.3 is 14.4 Å². The van der Waals surface area contributed by atoms with Crippen LogP contribution in [-0.4, -0.2) is 21.8 Å². The molecule has 94 valence electrons. The quantitative estimate of drug-likeness (QED) is 0.882. The van der Waals surface area contributed by atoms with E-state index >= 15 is 0 Å². The van der Waals surface area contributed by atoms with Crippen LogP contribution in [0, 0.1) is 0 Å². The summed E-state index contributed by atoms with van der Waals surface area (Å²) >= 11 is 0. The minimum atomic E-state index is -0.430. The van der Waals surface area contributed by atoms with Crippen molar-refractivity contribution in [2.45, 2.75) is 25.5 Å². The molecule has 3 rings (SSSR count). The molecular weight excluding hydrogens is 228 g/mol. The van der Waals surface area contributed by atoms with Gasteiger partial charge in [0.15, 0.2) is 0 Å². The lowest BCUT2D eigenvalue weighted by Crippen LogP contribution is -2.16. The number of aromatic nitrogens is 2. The standard InChI is InChI=1S/C14H16N2O2/c1-18-11-5-2-4-10(8-11)12-9-16-13(15-12)6-3-7-14(16)17/h2,4-5,8-9,14,17H,3,6-7H2,1H3. The van der Waals surface area contributed by atoms with Crippen LogP contribution >= 0.6 is 0 Å². The van der Waals surface area contributed by atoms with Crippen LogP contribution in [0.25, 0.3) is 11.3 Å². The number of ether oxygens (including phenoxy) is 1. The van der Waals surface area contributed by atoms with Gasteiger partial charge in [0.05, 0.1) is 12.8 Å². The molecular formula is C14H16N2O2. The number of hydrogen-bond donors (Lipinski definition) is 1. The van der Waals surface area contributed by atoms with Crippen LogP contribution in [-0.2, 0) is 6.42 Å². The third-order valence-corrected chi connectivity index (χ3v) is 3.36. The predicted molar refractivity (Wildman–Crippen MR) is 68.4 cm³/mol. The van der Waals surface area contributed by atoms with Crippen molar-refractivity contribution in [3.8, 4) is 17.0 Å². The highest BCUT2D eigenvalue weighted by atomic mass is 16.5. The molecule has 0 fully saturated rings. The van der Waals surface area contributed by atoms with Crippen LogP contribution in [0.1, 0.15) is 24.9 Å². The number of nitrogens with zero attached hydrogens (tertiary/aromatic N) is 2. The third kappa shape index (κ3) is 1.88. The molecule has 2 heterocycles. The Labute approximate surface area is 106 Å². The van der Waals surface area contributed by atoms with E-state index in [1.54, 1.807) is 7.11 Å². The topological polar surface area (TPSA) is 47.3 Å². The summed E-state index contributed by atoms with van der Waals surface area (Å²) in [4.78, 5) is 4.59. The molecule has 1 aromatic heterocycles. The number of aryl methyl sites for hydroxylation is 1. The second kappa shape index (κ2) is 4.46. The summed E-state index contributed by atoms with van der Waals surface area (Å²) in [5.74, 6) is 1.78. The fraction of sp³-hybridized carbons (Fsp3) is 0.357. The monoisotopic (exact) mass is 244 g/mol. The zero-order chi connectivity index (χ0) is 12.5. The first-order chi connectivity index (χ1) is 8.78. The van der Waals surface area contributed by atoms with Crippen molar-refractivity contribution in [3.05, 3.63) is 36.3 Å². The highest BCUT2D eigenvalue weighted by Crippen LogP contribution is 2.28. The Kier molecular flexibility index (Phi) is 2.80. The van der Waals surface area contributed by atoms with Gasteiger partial charge in [0.25, 0.3) is 0 Å². The van der Waals surface area contributed by atoms with Crippen molar-refractivity contribution in [1.82, 2.24) is 9.55 Å². The van der Waals surface area contributed by atoms with Gasteiger partial charge in [-0.1, -0.05) is 12.1 Å². The molecule has 0 saturated heterocycles. The molecule has 1 aliphatic rings. The number of benzene rings is 1. The molecule has 1 atom stereocenters. The molecule has 18 heavy (non-hydrogen) atoms. The molecule has 0 amide bonds. The molecule has 0 aliphatic carbocycles. The number of aliphatic hydroxyl groups excluding tert-OH is 1. The average molecular weight is 244 g/mol. The van der Waals surface area contributed by atoms with E-state index in [9.17, 15) is 5.11 Å². The molecule has 1 aliphatic heterocycles. The maximum absolute atomic E-state index is 9.92. The maximum Gasteiger partial charge on any atom is 0.131 e. The number of rotatable bonds is 2. The van der Waals surface area contributed by atoms with E-state index in [2.05, 4.69) is 4.98 Å². The van der Waals surface area contributed by atoms with Crippen LogP contribution in [0.2, 0.25) is 0 Å². The van der Waals surface area contributed by atoms with E-state index in [4.69, 9.17) is 4.74 Å². The van der Waals surface area contributed by atoms with E-state index < -0.39 is 6.23 Å². The second-order valence-electron chi connectivity index (χ2n) is 4.55. The number of imidazole rings is 1. The summed E-state index contributed by atoms with van der Waals surface area (Å²) < 4.78 is 7.09. The molecule has 1 aromatic carbocycles. The van der Waals surface area contributed by atoms with Crippen molar-refractivity contribution in [2.24, 2.45) is 0 Å². The number of hydrogen-bond acceptors (Lipinski definition) is 3. The molecule has 4 heteroatoms. The van der Waals surface area contributed by atoms with Gasteiger partial charge in [-0.15, -0.1) is 0 Å². The lowest BCUT2D eigenvalue weighted by atomic mass is 10.1. The summed E-state index contributed by atoms with van der Waals surface area (Å²) in [5, 5.41) is 9.92. The van der Waals surface area contributed by atoms with Crippen molar-refractivity contribution in [2.75, 3.05) is 7.11 Å². The molecule has 4 nitrogen and oxygen atoms in total. The summed E-state index contributed by atoms with van der Waals surface area (Å²) in [7, 11) is 1.65. The number of fused-ring (bicyclic) bond motifs is 1. The van der Waals surface area contributed by atoms with Crippen LogP contribution in [0.5, 0.6) is 5.75 Å². The predicted octanol–water partition coefficient (Wildman–Crippen LogP) is 2.39. The minimum absolute atomic E-state index is 0.430. The lowest BCUT2D eigenvalue weighted by Gasteiger charge is -2.19. The van der Waals surface area contributed by atoms with Gasteiger partial charge in [-0.2, -0.15) is 0 Å². The fourth-order valence-electron chi connectivity index (χ4n) is 2.38. The fourth-order valence-corrected chi connectivity index (χ4v) is 2.38. The van der Waals surface area contributed by atoms with Crippen LogP contribution in [0.4, 0.5) is 0 Å². The zero-order valence-electron chi connectivity index (χ0n) is 10.3. The van der Waals surface area contributed by atoms with Crippen LogP contribution in [0.3, 0.4) is 0 Å². The van der Waals surface area contributed by atoms with Gasteiger partial charge in [0.2, 0.25) is 0 Å². The lowest BCUT2D eigenvalue weighted by molar-refractivity contribution is 0.0781. The van der Waals surface area contributed by atoms with E-state index in [-0.39, 0.29) is 0 Å². The smallest absolute Gasteiger partial charge is 0.131 e.